The Labute approximate surface area is 171 Å². The number of methoxy groups -OCH3 is 1. The molecule has 9 nitrogen and oxygen atoms in total. The van der Waals surface area contributed by atoms with Crippen LogP contribution >= 0.6 is 11.6 Å². The number of hydrogen-bond donors (Lipinski definition) is 0. The van der Waals surface area contributed by atoms with Gasteiger partial charge >= 0.3 is 11.7 Å². The molecule has 0 fully saturated rings. The van der Waals surface area contributed by atoms with Crippen LogP contribution in [0.1, 0.15) is 19.9 Å². The molecule has 0 aliphatic carbocycles. The normalized spacial score (nSPS) is 12.3. The third-order valence-corrected chi connectivity index (χ3v) is 4.76. The van der Waals surface area contributed by atoms with Crippen molar-refractivity contribution < 1.29 is 14.3 Å². The van der Waals surface area contributed by atoms with Crippen molar-refractivity contribution in [3.8, 4) is 5.69 Å². The van der Waals surface area contributed by atoms with Crippen molar-refractivity contribution in [1.82, 2.24) is 18.7 Å². The molecule has 0 saturated carbocycles. The maximum atomic E-state index is 13.1. The van der Waals surface area contributed by atoms with Gasteiger partial charge in [0.15, 0.2) is 11.2 Å². The Morgan fingerprint density at radius 1 is 1.24 bits per heavy atom. The van der Waals surface area contributed by atoms with Gasteiger partial charge in [0.05, 0.1) is 31.8 Å². The molecule has 1 atom stereocenters. The average molecular weight is 421 g/mol. The zero-order valence-corrected chi connectivity index (χ0v) is 17.0. The van der Waals surface area contributed by atoms with Crippen LogP contribution in [0, 0.1) is 0 Å². The minimum atomic E-state index is -0.792. The second-order valence-corrected chi connectivity index (χ2v) is 6.73. The average Bonchev–Trinajstić information content (AvgIpc) is 3.14. The number of fused-ring (bicyclic) bond motifs is 1. The first kappa shape index (κ1) is 20.8. The van der Waals surface area contributed by atoms with Crippen molar-refractivity contribution in [1.29, 1.82) is 0 Å². The van der Waals surface area contributed by atoms with E-state index in [-0.39, 0.29) is 30.9 Å². The fourth-order valence-corrected chi connectivity index (χ4v) is 3.15. The highest BCUT2D eigenvalue weighted by atomic mass is 35.5. The quantitative estimate of drug-likeness (QED) is 0.540. The molecule has 154 valence electrons. The summed E-state index contributed by atoms with van der Waals surface area (Å²) in [6, 6.07) is 5.79. The molecule has 0 radical (unpaired) electrons. The number of hydrogen-bond acceptors (Lipinski definition) is 6. The van der Waals surface area contributed by atoms with Crippen molar-refractivity contribution >= 4 is 28.7 Å². The first-order valence-electron chi connectivity index (χ1n) is 9.04. The second kappa shape index (κ2) is 8.62. The number of esters is 1. The molecule has 0 bridgehead atoms. The lowest BCUT2D eigenvalue weighted by molar-refractivity contribution is -0.146. The van der Waals surface area contributed by atoms with Crippen LogP contribution < -0.4 is 11.2 Å². The highest BCUT2D eigenvalue weighted by Crippen LogP contribution is 2.19. The van der Waals surface area contributed by atoms with Crippen LogP contribution in [0.25, 0.3) is 16.9 Å². The van der Waals surface area contributed by atoms with Crippen molar-refractivity contribution in [2.24, 2.45) is 0 Å². The second-order valence-electron chi connectivity index (χ2n) is 6.30. The smallest absolute Gasteiger partial charge is 0.337 e. The Kier molecular flexibility index (Phi) is 6.19. The van der Waals surface area contributed by atoms with Gasteiger partial charge in [-0.25, -0.2) is 19.1 Å². The fraction of sp³-hybridized carbons (Fsp3) is 0.368. The molecule has 0 saturated heterocycles. The molecule has 3 rings (SSSR count). The van der Waals surface area contributed by atoms with E-state index in [1.807, 2.05) is 0 Å². The minimum Gasteiger partial charge on any atom is -0.464 e. The number of nitrogens with zero attached hydrogens (tertiary/aromatic N) is 4. The summed E-state index contributed by atoms with van der Waals surface area (Å²) in [6.07, 6.45) is 1.36. The van der Waals surface area contributed by atoms with Crippen molar-refractivity contribution in [3.63, 3.8) is 0 Å². The molecule has 2 aromatic heterocycles. The zero-order valence-electron chi connectivity index (χ0n) is 16.3. The standard InChI is InChI=1S/C19H21ClN4O5/c1-4-29-18(26)12(2)23-11-21-16-15(23)17(25)22(9-10-28-3)19(27)24(16)14-7-5-13(20)6-8-14/h5-8,11-12H,4,9-10H2,1-3H3/t12-/m0/s1. The van der Waals surface area contributed by atoms with Crippen LogP contribution in [0.3, 0.4) is 0 Å². The van der Waals surface area contributed by atoms with E-state index in [4.69, 9.17) is 21.1 Å². The molecule has 0 aliphatic heterocycles. The van der Waals surface area contributed by atoms with Gasteiger partial charge in [0.2, 0.25) is 0 Å². The van der Waals surface area contributed by atoms with Gasteiger partial charge in [-0.1, -0.05) is 11.6 Å². The highest BCUT2D eigenvalue weighted by Gasteiger charge is 2.24. The van der Waals surface area contributed by atoms with Gasteiger partial charge in [-0.3, -0.25) is 9.36 Å². The number of imidazole rings is 1. The van der Waals surface area contributed by atoms with Gasteiger partial charge in [-0.05, 0) is 38.1 Å². The van der Waals surface area contributed by atoms with Crippen LogP contribution in [0.2, 0.25) is 5.02 Å². The predicted octanol–water partition coefficient (Wildman–Crippen LogP) is 1.77. The molecule has 0 unspecified atom stereocenters. The summed E-state index contributed by atoms with van der Waals surface area (Å²) in [5, 5.41) is 0.507. The topological polar surface area (TPSA) is 97.4 Å². The van der Waals surface area contributed by atoms with Gasteiger partial charge < -0.3 is 14.0 Å². The predicted molar refractivity (Wildman–Crippen MR) is 108 cm³/mol. The lowest BCUT2D eigenvalue weighted by Gasteiger charge is -2.15. The molecular weight excluding hydrogens is 400 g/mol. The largest absolute Gasteiger partial charge is 0.464 e. The van der Waals surface area contributed by atoms with Gasteiger partial charge in [0.1, 0.15) is 6.04 Å². The molecular formula is C19H21ClN4O5. The first-order chi connectivity index (χ1) is 13.9. The Morgan fingerprint density at radius 3 is 2.55 bits per heavy atom. The van der Waals surface area contributed by atoms with Gasteiger partial charge in [0, 0.05) is 12.1 Å². The molecule has 29 heavy (non-hydrogen) atoms. The Bertz CT molecular complexity index is 1150. The van der Waals surface area contributed by atoms with E-state index < -0.39 is 23.3 Å². The third-order valence-electron chi connectivity index (χ3n) is 4.50. The van der Waals surface area contributed by atoms with Crippen LogP contribution in [-0.4, -0.2) is 45.0 Å². The summed E-state index contributed by atoms with van der Waals surface area (Å²) >= 11 is 5.96. The van der Waals surface area contributed by atoms with Crippen molar-refractivity contribution in [3.05, 3.63) is 56.5 Å². The van der Waals surface area contributed by atoms with E-state index in [2.05, 4.69) is 4.98 Å². The highest BCUT2D eigenvalue weighted by molar-refractivity contribution is 6.30. The SMILES string of the molecule is CCOC(=O)[C@H](C)n1cnc2c1c(=O)n(CCOC)c(=O)n2-c1ccc(Cl)cc1. The first-order valence-corrected chi connectivity index (χ1v) is 9.42. The molecule has 0 spiro atoms. The van der Waals surface area contributed by atoms with Crippen LogP contribution in [0.5, 0.6) is 0 Å². The zero-order chi connectivity index (χ0) is 21.1. The molecule has 3 aromatic rings. The molecule has 0 N–H and O–H groups in total. The molecule has 0 aliphatic rings. The maximum Gasteiger partial charge on any atom is 0.337 e. The van der Waals surface area contributed by atoms with E-state index in [9.17, 15) is 14.4 Å². The van der Waals surface area contributed by atoms with E-state index in [0.29, 0.717) is 10.7 Å². The van der Waals surface area contributed by atoms with Crippen LogP contribution in [0.4, 0.5) is 0 Å². The third kappa shape index (κ3) is 3.83. The summed E-state index contributed by atoms with van der Waals surface area (Å²) < 4.78 is 13.9. The van der Waals surface area contributed by atoms with Crippen molar-refractivity contribution in [2.45, 2.75) is 26.4 Å². The van der Waals surface area contributed by atoms with Gasteiger partial charge in [-0.2, -0.15) is 0 Å². The fourth-order valence-electron chi connectivity index (χ4n) is 3.02. The van der Waals surface area contributed by atoms with E-state index >= 15 is 0 Å². The lowest BCUT2D eigenvalue weighted by atomic mass is 10.3. The van der Waals surface area contributed by atoms with Crippen LogP contribution in [-0.2, 0) is 20.8 Å². The van der Waals surface area contributed by atoms with Gasteiger partial charge in [-0.15, -0.1) is 0 Å². The summed E-state index contributed by atoms with van der Waals surface area (Å²) in [5.41, 5.74) is -0.357. The Balaban J connectivity index is 2.33. The summed E-state index contributed by atoms with van der Waals surface area (Å²) in [4.78, 5) is 42.7. The van der Waals surface area contributed by atoms with Crippen molar-refractivity contribution in [2.75, 3.05) is 20.3 Å². The Morgan fingerprint density at radius 2 is 1.93 bits per heavy atom. The number of rotatable bonds is 7. The number of benzene rings is 1. The van der Waals surface area contributed by atoms with Gasteiger partial charge in [0.25, 0.3) is 5.56 Å². The lowest BCUT2D eigenvalue weighted by Crippen LogP contribution is -2.41. The monoisotopic (exact) mass is 420 g/mol. The number of carbonyl (C=O) groups excluding carboxylic acids is 1. The molecule has 10 heteroatoms. The number of carbonyl (C=O) groups is 1. The number of ether oxygens (including phenoxy) is 2. The minimum absolute atomic E-state index is 0.0522. The number of aromatic nitrogens is 4. The van der Waals surface area contributed by atoms with E-state index in [0.717, 1.165) is 4.57 Å². The summed E-state index contributed by atoms with van der Waals surface area (Å²) in [6.45, 7) is 3.74. The maximum absolute atomic E-state index is 13.1. The molecule has 0 amide bonds. The summed E-state index contributed by atoms with van der Waals surface area (Å²) in [5.74, 6) is -0.501. The van der Waals surface area contributed by atoms with E-state index in [1.54, 1.807) is 38.1 Å². The van der Waals surface area contributed by atoms with E-state index in [1.165, 1.54) is 22.6 Å². The van der Waals surface area contributed by atoms with Crippen LogP contribution in [0.15, 0.2) is 40.2 Å². The molecule has 1 aromatic carbocycles. The Hall–Kier alpha value is -2.91. The number of halogens is 1. The molecule has 2 heterocycles. The summed E-state index contributed by atoms with van der Waals surface area (Å²) in [7, 11) is 1.48.